The molecule has 0 aliphatic rings. The molecule has 3 heteroatoms. The number of rotatable bonds is 5. The van der Waals surface area contributed by atoms with Crippen LogP contribution in [0.25, 0.3) is 85.9 Å². The van der Waals surface area contributed by atoms with Crippen molar-refractivity contribution in [2.24, 2.45) is 0 Å². The van der Waals surface area contributed by atoms with E-state index in [9.17, 15) is 0 Å². The molecular weight excluding hydrogens is 663 g/mol. The molecule has 0 radical (unpaired) electrons. The topological polar surface area (TPSA) is 16.4 Å². The number of hydrogen-bond acceptors (Lipinski definition) is 3. The number of benzene rings is 9. The van der Waals surface area contributed by atoms with Crippen molar-refractivity contribution >= 4 is 92.1 Å². The van der Waals surface area contributed by atoms with Gasteiger partial charge in [0.05, 0.1) is 5.69 Å². The molecule has 2 aromatic heterocycles. The number of furan rings is 1. The van der Waals surface area contributed by atoms with Gasteiger partial charge in [-0.1, -0.05) is 133 Å². The van der Waals surface area contributed by atoms with Gasteiger partial charge in [0.25, 0.3) is 0 Å². The summed E-state index contributed by atoms with van der Waals surface area (Å²) in [4.78, 5) is 2.42. The van der Waals surface area contributed by atoms with E-state index in [0.717, 1.165) is 39.0 Å². The molecule has 11 aromatic rings. The summed E-state index contributed by atoms with van der Waals surface area (Å²) < 4.78 is 9.19. The SMILES string of the molecule is c1ccc(-c2ccc(N(c3ccc(-c4cccc5ccccc45)cc3)c3cccc4sc5ccc6oc7c8ccccc8ccc7c6c5c34)cc2)cc1. The van der Waals surface area contributed by atoms with Crippen LogP contribution in [-0.2, 0) is 0 Å². The zero-order valence-corrected chi connectivity index (χ0v) is 29.5. The standard InChI is InChI=1S/C50H31NOS/c1-2-10-32(11-3-1)33-20-25-37(26-21-33)51(38-27-22-36(23-28-38)40-17-8-14-34-12-4-6-15-39(34)40)43-18-9-19-45-48(43)49-46(53-45)31-30-44-47(49)42-29-24-35-13-5-7-16-41(35)50(42)52-44/h1-31H. The highest BCUT2D eigenvalue weighted by atomic mass is 32.1. The molecule has 0 aliphatic heterocycles. The van der Waals surface area contributed by atoms with E-state index in [0.29, 0.717) is 0 Å². The summed E-state index contributed by atoms with van der Waals surface area (Å²) >= 11 is 1.85. The Bertz CT molecular complexity index is 3150. The van der Waals surface area contributed by atoms with Gasteiger partial charge in [0.15, 0.2) is 0 Å². The van der Waals surface area contributed by atoms with Crippen molar-refractivity contribution in [1.82, 2.24) is 0 Å². The van der Waals surface area contributed by atoms with Crippen LogP contribution in [0.1, 0.15) is 0 Å². The van der Waals surface area contributed by atoms with E-state index in [4.69, 9.17) is 4.42 Å². The van der Waals surface area contributed by atoms with Gasteiger partial charge in [-0.15, -0.1) is 11.3 Å². The van der Waals surface area contributed by atoms with E-state index in [1.807, 2.05) is 11.3 Å². The van der Waals surface area contributed by atoms with Crippen LogP contribution >= 0.6 is 11.3 Å². The van der Waals surface area contributed by atoms with E-state index in [2.05, 4.69) is 193 Å². The van der Waals surface area contributed by atoms with E-state index >= 15 is 0 Å². The summed E-state index contributed by atoms with van der Waals surface area (Å²) in [5, 5.41) is 9.63. The second-order valence-corrected chi connectivity index (χ2v) is 14.7. The van der Waals surface area contributed by atoms with Crippen molar-refractivity contribution in [2.45, 2.75) is 0 Å². The largest absolute Gasteiger partial charge is 0.455 e. The minimum absolute atomic E-state index is 0.913. The zero-order chi connectivity index (χ0) is 34.9. The highest BCUT2D eigenvalue weighted by Crippen LogP contribution is 2.49. The summed E-state index contributed by atoms with van der Waals surface area (Å²) in [6.45, 7) is 0. The molecule has 11 rings (SSSR count). The third kappa shape index (κ3) is 4.78. The van der Waals surface area contributed by atoms with Crippen LogP contribution in [0.5, 0.6) is 0 Å². The first-order chi connectivity index (χ1) is 26.3. The molecule has 0 atom stereocenters. The fraction of sp³-hybridized carbons (Fsp3) is 0. The predicted octanol–water partition coefficient (Wildman–Crippen LogP) is 15.1. The predicted molar refractivity (Wildman–Crippen MR) is 227 cm³/mol. The Labute approximate surface area is 310 Å². The van der Waals surface area contributed by atoms with Crippen LogP contribution in [0, 0.1) is 0 Å². The molecule has 0 spiro atoms. The molecule has 248 valence electrons. The Hall–Kier alpha value is -6.68. The molecule has 0 N–H and O–H groups in total. The van der Waals surface area contributed by atoms with Crippen LogP contribution < -0.4 is 4.90 Å². The number of nitrogens with zero attached hydrogens (tertiary/aromatic N) is 1. The number of fused-ring (bicyclic) bond motifs is 10. The summed E-state index contributed by atoms with van der Waals surface area (Å²) in [6, 6.07) is 67.9. The zero-order valence-electron chi connectivity index (χ0n) is 28.7. The fourth-order valence-corrected chi connectivity index (χ4v) is 9.33. The Morgan fingerprint density at radius 3 is 1.79 bits per heavy atom. The van der Waals surface area contributed by atoms with E-state index in [-0.39, 0.29) is 0 Å². The maximum atomic E-state index is 6.69. The maximum absolute atomic E-state index is 6.69. The van der Waals surface area contributed by atoms with Crippen molar-refractivity contribution in [2.75, 3.05) is 4.90 Å². The van der Waals surface area contributed by atoms with Crippen molar-refractivity contribution in [3.8, 4) is 22.3 Å². The lowest BCUT2D eigenvalue weighted by Gasteiger charge is -2.27. The first kappa shape index (κ1) is 30.0. The van der Waals surface area contributed by atoms with Crippen molar-refractivity contribution in [3.63, 3.8) is 0 Å². The smallest absolute Gasteiger partial charge is 0.143 e. The van der Waals surface area contributed by atoms with Crippen LogP contribution in [0.4, 0.5) is 17.1 Å². The number of anilines is 3. The number of hydrogen-bond donors (Lipinski definition) is 0. The minimum Gasteiger partial charge on any atom is -0.455 e. The Morgan fingerprint density at radius 1 is 0.377 bits per heavy atom. The van der Waals surface area contributed by atoms with Crippen LogP contribution in [0.2, 0.25) is 0 Å². The average molecular weight is 694 g/mol. The van der Waals surface area contributed by atoms with Gasteiger partial charge in [-0.05, 0) is 93.0 Å². The molecule has 0 saturated carbocycles. The van der Waals surface area contributed by atoms with Gasteiger partial charge in [0, 0.05) is 47.7 Å². The van der Waals surface area contributed by atoms with Crippen LogP contribution in [0.15, 0.2) is 192 Å². The summed E-state index contributed by atoms with van der Waals surface area (Å²) in [5.74, 6) is 0. The molecule has 0 bridgehead atoms. The monoisotopic (exact) mass is 693 g/mol. The van der Waals surface area contributed by atoms with Gasteiger partial charge in [-0.3, -0.25) is 0 Å². The van der Waals surface area contributed by atoms with Gasteiger partial charge >= 0.3 is 0 Å². The summed E-state index contributed by atoms with van der Waals surface area (Å²) in [6.07, 6.45) is 0. The quantitative estimate of drug-likeness (QED) is 0.178. The highest BCUT2D eigenvalue weighted by Gasteiger charge is 2.22. The second-order valence-electron chi connectivity index (χ2n) is 13.7. The van der Waals surface area contributed by atoms with Gasteiger partial charge in [0.2, 0.25) is 0 Å². The lowest BCUT2D eigenvalue weighted by Crippen LogP contribution is -2.10. The van der Waals surface area contributed by atoms with Gasteiger partial charge in [-0.2, -0.15) is 0 Å². The molecule has 2 heterocycles. The fourth-order valence-electron chi connectivity index (χ4n) is 8.20. The lowest BCUT2D eigenvalue weighted by molar-refractivity contribution is 0.673. The normalized spacial score (nSPS) is 11.8. The maximum Gasteiger partial charge on any atom is 0.143 e. The van der Waals surface area contributed by atoms with Crippen molar-refractivity contribution in [1.29, 1.82) is 0 Å². The summed E-state index contributed by atoms with van der Waals surface area (Å²) in [5.41, 5.74) is 10.0. The molecule has 0 unspecified atom stereocenters. The minimum atomic E-state index is 0.913. The third-order valence-corrected chi connectivity index (χ3v) is 11.8. The molecule has 2 nitrogen and oxygen atoms in total. The number of thiophene rings is 1. The Balaban J connectivity index is 1.15. The first-order valence-electron chi connectivity index (χ1n) is 18.0. The van der Waals surface area contributed by atoms with E-state index < -0.39 is 0 Å². The van der Waals surface area contributed by atoms with Crippen LogP contribution in [0.3, 0.4) is 0 Å². The lowest BCUT2D eigenvalue weighted by atomic mass is 9.97. The second kappa shape index (κ2) is 11.9. The highest BCUT2D eigenvalue weighted by molar-refractivity contribution is 7.26. The molecule has 53 heavy (non-hydrogen) atoms. The van der Waals surface area contributed by atoms with Crippen LogP contribution in [-0.4, -0.2) is 0 Å². The van der Waals surface area contributed by atoms with Crippen molar-refractivity contribution in [3.05, 3.63) is 188 Å². The average Bonchev–Trinajstić information content (AvgIpc) is 3.81. The molecular formula is C50H31NOS. The Morgan fingerprint density at radius 2 is 1.00 bits per heavy atom. The van der Waals surface area contributed by atoms with Crippen molar-refractivity contribution < 1.29 is 4.42 Å². The van der Waals surface area contributed by atoms with E-state index in [1.165, 1.54) is 64.0 Å². The van der Waals surface area contributed by atoms with Gasteiger partial charge in [0.1, 0.15) is 11.2 Å². The van der Waals surface area contributed by atoms with Gasteiger partial charge < -0.3 is 9.32 Å². The molecule has 0 amide bonds. The van der Waals surface area contributed by atoms with E-state index in [1.54, 1.807) is 0 Å². The molecule has 0 fully saturated rings. The summed E-state index contributed by atoms with van der Waals surface area (Å²) in [7, 11) is 0. The first-order valence-corrected chi connectivity index (χ1v) is 18.8. The molecule has 0 aliphatic carbocycles. The van der Waals surface area contributed by atoms with Gasteiger partial charge in [-0.25, -0.2) is 0 Å². The molecule has 9 aromatic carbocycles. The molecule has 0 saturated heterocycles. The Kier molecular flexibility index (Phi) is 6.76. The third-order valence-electron chi connectivity index (χ3n) is 10.7.